The Hall–Kier alpha value is -0.290. The van der Waals surface area contributed by atoms with Crippen LogP contribution in [0.25, 0.3) is 0 Å². The molecular weight excluding hydrogens is 255 g/mol. The number of rotatable bonds is 6. The van der Waals surface area contributed by atoms with E-state index in [1.165, 1.54) is 0 Å². The summed E-state index contributed by atoms with van der Waals surface area (Å²) in [4.78, 5) is 0. The molecule has 0 aromatic rings. The van der Waals surface area contributed by atoms with Crippen LogP contribution in [-0.2, 0) is 4.74 Å². The van der Waals surface area contributed by atoms with Crippen molar-refractivity contribution in [2.75, 3.05) is 13.1 Å². The quantitative estimate of drug-likeness (QED) is 0.586. The van der Waals surface area contributed by atoms with Gasteiger partial charge < -0.3 is 10.1 Å². The zero-order valence-electron chi connectivity index (χ0n) is 12.0. The maximum atomic E-state index is 12.7. The van der Waals surface area contributed by atoms with E-state index < -0.39 is 17.9 Å². The zero-order chi connectivity index (χ0) is 14.4. The maximum absolute atomic E-state index is 12.7. The van der Waals surface area contributed by atoms with Crippen molar-refractivity contribution < 1.29 is 17.9 Å². The Labute approximate surface area is 114 Å². The van der Waals surface area contributed by atoms with Crippen molar-refractivity contribution in [2.24, 2.45) is 0 Å². The molecule has 0 radical (unpaired) electrons. The molecular formula is C14H26F3NO. The number of halogens is 3. The van der Waals surface area contributed by atoms with Crippen LogP contribution in [0.3, 0.4) is 0 Å². The summed E-state index contributed by atoms with van der Waals surface area (Å²) in [6.07, 6.45) is 0.576. The van der Waals surface area contributed by atoms with Gasteiger partial charge in [-0.2, -0.15) is 13.2 Å². The van der Waals surface area contributed by atoms with E-state index >= 15 is 0 Å². The topological polar surface area (TPSA) is 21.3 Å². The fraction of sp³-hybridized carbons (Fsp3) is 1.00. The molecule has 0 amide bonds. The smallest absolute Gasteiger partial charge is 0.361 e. The standard InChI is InChI=1S/C14H26F3NO/c1-3-10-18-11-13(8-6-4-5-7-9-13)19-12(2)14(15,16)17/h12,18H,3-11H2,1-2H3. The number of nitrogens with one attached hydrogen (secondary N) is 1. The second kappa shape index (κ2) is 7.48. The first-order chi connectivity index (χ1) is 8.90. The molecule has 1 unspecified atom stereocenters. The third kappa shape index (κ3) is 5.69. The molecule has 0 aromatic heterocycles. The summed E-state index contributed by atoms with van der Waals surface area (Å²) in [5.41, 5.74) is -0.638. The largest absolute Gasteiger partial charge is 0.414 e. The van der Waals surface area contributed by atoms with E-state index in [0.29, 0.717) is 6.54 Å². The summed E-state index contributed by atoms with van der Waals surface area (Å²) in [6.45, 7) is 4.52. The first-order valence-corrected chi connectivity index (χ1v) is 7.35. The zero-order valence-corrected chi connectivity index (χ0v) is 12.0. The molecule has 0 saturated heterocycles. The van der Waals surface area contributed by atoms with Gasteiger partial charge in [-0.1, -0.05) is 32.6 Å². The second-order valence-corrected chi connectivity index (χ2v) is 5.58. The molecule has 1 rings (SSSR count). The van der Waals surface area contributed by atoms with E-state index in [1.54, 1.807) is 0 Å². The molecule has 0 aliphatic heterocycles. The molecule has 1 fully saturated rings. The first kappa shape index (κ1) is 16.8. The summed E-state index contributed by atoms with van der Waals surface area (Å²) >= 11 is 0. The Morgan fingerprint density at radius 1 is 1.16 bits per heavy atom. The molecule has 0 spiro atoms. The van der Waals surface area contributed by atoms with E-state index in [2.05, 4.69) is 5.32 Å². The number of alkyl halides is 3. The van der Waals surface area contributed by atoms with Crippen LogP contribution in [-0.4, -0.2) is 31.0 Å². The van der Waals surface area contributed by atoms with Crippen LogP contribution >= 0.6 is 0 Å². The van der Waals surface area contributed by atoms with Crippen LogP contribution in [0.1, 0.15) is 58.8 Å². The summed E-state index contributed by atoms with van der Waals surface area (Å²) in [5.74, 6) is 0. The Bertz CT molecular complexity index is 248. The monoisotopic (exact) mass is 281 g/mol. The average molecular weight is 281 g/mol. The molecule has 0 bridgehead atoms. The lowest BCUT2D eigenvalue weighted by Crippen LogP contribution is -2.48. The molecule has 1 N–H and O–H groups in total. The maximum Gasteiger partial charge on any atom is 0.414 e. The van der Waals surface area contributed by atoms with Gasteiger partial charge in [-0.25, -0.2) is 0 Å². The van der Waals surface area contributed by atoms with E-state index in [-0.39, 0.29) is 0 Å². The predicted octanol–water partition coefficient (Wildman–Crippen LogP) is 4.05. The van der Waals surface area contributed by atoms with E-state index in [9.17, 15) is 13.2 Å². The Kier molecular flexibility index (Phi) is 6.60. The summed E-state index contributed by atoms with van der Waals surface area (Å²) in [5, 5.41) is 3.24. The molecule has 1 aliphatic rings. The minimum atomic E-state index is -4.27. The summed E-state index contributed by atoms with van der Waals surface area (Å²) < 4.78 is 43.6. The van der Waals surface area contributed by atoms with Gasteiger partial charge in [0.15, 0.2) is 6.10 Å². The summed E-state index contributed by atoms with van der Waals surface area (Å²) in [7, 11) is 0. The molecule has 0 aromatic carbocycles. The van der Waals surface area contributed by atoms with Crippen molar-refractivity contribution in [2.45, 2.75) is 76.7 Å². The number of ether oxygens (including phenoxy) is 1. The highest BCUT2D eigenvalue weighted by Crippen LogP contribution is 2.34. The molecule has 1 saturated carbocycles. The third-order valence-electron chi connectivity index (χ3n) is 3.78. The molecule has 5 heteroatoms. The first-order valence-electron chi connectivity index (χ1n) is 7.35. The average Bonchev–Trinajstić information content (AvgIpc) is 2.54. The molecule has 1 atom stereocenters. The van der Waals surface area contributed by atoms with Gasteiger partial charge >= 0.3 is 6.18 Å². The third-order valence-corrected chi connectivity index (χ3v) is 3.78. The van der Waals surface area contributed by atoms with Gasteiger partial charge in [-0.15, -0.1) is 0 Å². The van der Waals surface area contributed by atoms with Gasteiger partial charge in [0.05, 0.1) is 5.60 Å². The fourth-order valence-electron chi connectivity index (χ4n) is 2.64. The lowest BCUT2D eigenvalue weighted by Gasteiger charge is -2.36. The van der Waals surface area contributed by atoms with Gasteiger partial charge in [0.2, 0.25) is 0 Å². The highest BCUT2D eigenvalue weighted by Gasteiger charge is 2.43. The van der Waals surface area contributed by atoms with Gasteiger partial charge in [-0.3, -0.25) is 0 Å². The van der Waals surface area contributed by atoms with E-state index in [1.807, 2.05) is 6.92 Å². The molecule has 2 nitrogen and oxygen atoms in total. The highest BCUT2D eigenvalue weighted by molar-refractivity contribution is 4.87. The van der Waals surface area contributed by atoms with E-state index in [0.717, 1.165) is 58.4 Å². The van der Waals surface area contributed by atoms with Crippen molar-refractivity contribution >= 4 is 0 Å². The molecule has 1 aliphatic carbocycles. The summed E-state index contributed by atoms with van der Waals surface area (Å²) in [6, 6.07) is 0. The molecule has 114 valence electrons. The lowest BCUT2D eigenvalue weighted by atomic mass is 9.93. The van der Waals surface area contributed by atoms with Crippen molar-refractivity contribution in [3.8, 4) is 0 Å². The van der Waals surface area contributed by atoms with E-state index in [4.69, 9.17) is 4.74 Å². The Morgan fingerprint density at radius 3 is 2.21 bits per heavy atom. The normalized spacial score (nSPS) is 21.9. The van der Waals surface area contributed by atoms with Crippen LogP contribution in [0.5, 0.6) is 0 Å². The highest BCUT2D eigenvalue weighted by atomic mass is 19.4. The van der Waals surface area contributed by atoms with Gasteiger partial charge in [-0.05, 0) is 32.7 Å². The Balaban J connectivity index is 2.66. The second-order valence-electron chi connectivity index (χ2n) is 5.58. The van der Waals surface area contributed by atoms with Crippen molar-refractivity contribution in [3.63, 3.8) is 0 Å². The minimum Gasteiger partial charge on any atom is -0.361 e. The molecule has 0 heterocycles. The number of hydrogen-bond donors (Lipinski definition) is 1. The van der Waals surface area contributed by atoms with Crippen LogP contribution in [0.4, 0.5) is 13.2 Å². The van der Waals surface area contributed by atoms with Crippen LogP contribution in [0, 0.1) is 0 Å². The Morgan fingerprint density at radius 2 is 1.74 bits per heavy atom. The van der Waals surface area contributed by atoms with Crippen LogP contribution in [0.2, 0.25) is 0 Å². The van der Waals surface area contributed by atoms with Crippen molar-refractivity contribution in [3.05, 3.63) is 0 Å². The molecule has 19 heavy (non-hydrogen) atoms. The van der Waals surface area contributed by atoms with Crippen molar-refractivity contribution in [1.82, 2.24) is 5.32 Å². The lowest BCUT2D eigenvalue weighted by molar-refractivity contribution is -0.249. The fourth-order valence-corrected chi connectivity index (χ4v) is 2.64. The number of hydrogen-bond acceptors (Lipinski definition) is 2. The van der Waals surface area contributed by atoms with Crippen LogP contribution in [0.15, 0.2) is 0 Å². The van der Waals surface area contributed by atoms with Gasteiger partial charge in [0, 0.05) is 6.54 Å². The van der Waals surface area contributed by atoms with Gasteiger partial charge in [0.25, 0.3) is 0 Å². The minimum absolute atomic E-state index is 0.529. The van der Waals surface area contributed by atoms with Crippen molar-refractivity contribution in [1.29, 1.82) is 0 Å². The SMILES string of the molecule is CCCNCC1(OC(C)C(F)(F)F)CCCCCC1. The van der Waals surface area contributed by atoms with Gasteiger partial charge in [0.1, 0.15) is 0 Å². The predicted molar refractivity (Wildman–Crippen MR) is 70.2 cm³/mol. The van der Waals surface area contributed by atoms with Crippen LogP contribution < -0.4 is 5.32 Å².